The van der Waals surface area contributed by atoms with E-state index in [-0.39, 0.29) is 0 Å². The van der Waals surface area contributed by atoms with E-state index in [1.807, 2.05) is 0 Å². The van der Waals surface area contributed by atoms with Gasteiger partial charge < -0.3 is 21.7 Å². The zero-order valence-electron chi connectivity index (χ0n) is 10.1. The summed E-state index contributed by atoms with van der Waals surface area (Å²) < 4.78 is 40.3. The lowest BCUT2D eigenvalue weighted by Crippen LogP contribution is -2.47. The summed E-state index contributed by atoms with van der Waals surface area (Å²) >= 11 is 0. The Kier molecular flexibility index (Phi) is 9.10. The molecule has 94 valence electrons. The van der Waals surface area contributed by atoms with E-state index in [0.29, 0.717) is 0 Å². The third-order valence-electron chi connectivity index (χ3n) is 2.71. The zero-order valence-corrected chi connectivity index (χ0v) is 10.1. The van der Waals surface area contributed by atoms with Crippen LogP contribution in [0.25, 0.3) is 0 Å². The Morgan fingerprint density at radius 2 is 1.07 bits per heavy atom. The van der Waals surface area contributed by atoms with Gasteiger partial charge in [0.05, 0.1) is 26.2 Å². The number of rotatable bonds is 5. The summed E-state index contributed by atoms with van der Waals surface area (Å²) in [5, 5.41) is 0. The summed E-state index contributed by atoms with van der Waals surface area (Å²) in [6, 6.07) is 0. The van der Waals surface area contributed by atoms with Gasteiger partial charge in [-0.05, 0) is 27.2 Å². The van der Waals surface area contributed by atoms with Crippen molar-refractivity contribution < 1.29 is 21.7 Å². The molecule has 0 heterocycles. The highest BCUT2D eigenvalue weighted by atomic mass is 19.5. The first kappa shape index (κ1) is 17.1. The van der Waals surface area contributed by atoms with E-state index in [1.54, 1.807) is 0 Å². The second-order valence-electron chi connectivity index (χ2n) is 3.51. The van der Waals surface area contributed by atoms with Crippen LogP contribution >= 0.6 is 0 Å². The van der Waals surface area contributed by atoms with E-state index >= 15 is 0 Å². The molecule has 0 aliphatic rings. The van der Waals surface area contributed by atoms with Crippen molar-refractivity contribution in [1.29, 1.82) is 0 Å². The van der Waals surface area contributed by atoms with Gasteiger partial charge >= 0.3 is 7.25 Å². The average molecular weight is 231 g/mol. The van der Waals surface area contributed by atoms with Crippen molar-refractivity contribution in [3.05, 3.63) is 0 Å². The highest BCUT2D eigenvalue weighted by Crippen LogP contribution is 2.07. The first-order valence-electron chi connectivity index (χ1n) is 5.47. The number of halogens is 4. The van der Waals surface area contributed by atoms with Crippen LogP contribution in [0.4, 0.5) is 17.3 Å². The van der Waals surface area contributed by atoms with Gasteiger partial charge in [-0.2, -0.15) is 0 Å². The maximum absolute atomic E-state index is 9.75. The predicted molar refractivity (Wildman–Crippen MR) is 57.2 cm³/mol. The molecular weight excluding hydrogens is 209 g/mol. The standard InChI is InChI=1S/C9H22N.BF4/c1-5-9-10(6-2,7-3)8-4;2-1(3,4)5/h5-9H2,1-4H3;/q+1;-1. The Balaban J connectivity index is 0. The number of hydrogen-bond acceptors (Lipinski definition) is 0. The van der Waals surface area contributed by atoms with E-state index in [9.17, 15) is 17.3 Å². The summed E-state index contributed by atoms with van der Waals surface area (Å²) in [4.78, 5) is 0. The minimum absolute atomic E-state index is 1.29. The Labute approximate surface area is 90.2 Å². The molecule has 0 aromatic carbocycles. The summed E-state index contributed by atoms with van der Waals surface area (Å²) in [5.74, 6) is 0. The quantitative estimate of drug-likeness (QED) is 0.385. The largest absolute Gasteiger partial charge is 0.673 e. The summed E-state index contributed by atoms with van der Waals surface area (Å²) in [6.45, 7) is 14.4. The topological polar surface area (TPSA) is 0 Å². The molecule has 0 bridgehead atoms. The minimum atomic E-state index is -6.00. The van der Waals surface area contributed by atoms with Crippen LogP contribution in [0.15, 0.2) is 0 Å². The normalized spacial score (nSPS) is 12.0. The van der Waals surface area contributed by atoms with Gasteiger partial charge in [0.1, 0.15) is 0 Å². The van der Waals surface area contributed by atoms with Crippen LogP contribution in [0, 0.1) is 0 Å². The van der Waals surface area contributed by atoms with E-state index in [0.717, 1.165) is 0 Å². The molecular formula is C9H22BF4N. The molecule has 0 spiro atoms. The lowest BCUT2D eigenvalue weighted by atomic mass is 10.3. The van der Waals surface area contributed by atoms with Crippen molar-refractivity contribution >= 4 is 7.25 Å². The Bertz CT molecular complexity index is 131. The van der Waals surface area contributed by atoms with Crippen molar-refractivity contribution in [2.45, 2.75) is 34.1 Å². The maximum Gasteiger partial charge on any atom is 0.673 e. The fourth-order valence-electron chi connectivity index (χ4n) is 1.62. The van der Waals surface area contributed by atoms with Crippen LogP contribution in [0.2, 0.25) is 0 Å². The number of hydrogen-bond donors (Lipinski definition) is 0. The van der Waals surface area contributed by atoms with E-state index in [4.69, 9.17) is 0 Å². The zero-order chi connectivity index (χ0) is 12.5. The van der Waals surface area contributed by atoms with Gasteiger partial charge in [0.25, 0.3) is 0 Å². The molecule has 0 saturated heterocycles. The minimum Gasteiger partial charge on any atom is -0.418 e. The molecule has 0 fully saturated rings. The SMILES string of the molecule is CCC[N+](CC)(CC)CC.F[B-](F)(F)F. The molecule has 0 aromatic heterocycles. The molecule has 0 unspecified atom stereocenters. The van der Waals surface area contributed by atoms with Gasteiger partial charge in [-0.3, -0.25) is 0 Å². The predicted octanol–water partition coefficient (Wildman–Crippen LogP) is 3.57. The van der Waals surface area contributed by atoms with Gasteiger partial charge in [-0.25, -0.2) is 0 Å². The van der Waals surface area contributed by atoms with Gasteiger partial charge in [0, 0.05) is 0 Å². The third-order valence-corrected chi connectivity index (χ3v) is 2.71. The molecule has 0 saturated carbocycles. The van der Waals surface area contributed by atoms with Crippen molar-refractivity contribution in [2.24, 2.45) is 0 Å². The summed E-state index contributed by atoms with van der Waals surface area (Å²) in [7, 11) is -6.00. The van der Waals surface area contributed by atoms with Crippen LogP contribution in [-0.2, 0) is 0 Å². The second-order valence-corrected chi connectivity index (χ2v) is 3.51. The molecule has 0 amide bonds. The highest BCUT2D eigenvalue weighted by molar-refractivity contribution is 6.50. The van der Waals surface area contributed by atoms with Crippen molar-refractivity contribution in [2.75, 3.05) is 26.2 Å². The molecule has 0 atom stereocenters. The number of nitrogens with zero attached hydrogens (tertiary/aromatic N) is 1. The van der Waals surface area contributed by atoms with Crippen LogP contribution < -0.4 is 0 Å². The molecule has 15 heavy (non-hydrogen) atoms. The number of quaternary nitrogens is 1. The summed E-state index contributed by atoms with van der Waals surface area (Å²) in [6.07, 6.45) is 1.32. The third kappa shape index (κ3) is 11.7. The fourth-order valence-corrected chi connectivity index (χ4v) is 1.62. The first-order chi connectivity index (χ1) is 6.74. The van der Waals surface area contributed by atoms with Crippen molar-refractivity contribution in [3.63, 3.8) is 0 Å². The lowest BCUT2D eigenvalue weighted by molar-refractivity contribution is -0.923. The fraction of sp³-hybridized carbons (Fsp3) is 1.00. The Hall–Kier alpha value is -0.255. The van der Waals surface area contributed by atoms with Gasteiger partial charge in [-0.15, -0.1) is 0 Å². The van der Waals surface area contributed by atoms with Gasteiger partial charge in [0.15, 0.2) is 0 Å². The van der Waals surface area contributed by atoms with Gasteiger partial charge in [-0.1, -0.05) is 6.92 Å². The molecule has 0 aliphatic heterocycles. The first-order valence-corrected chi connectivity index (χ1v) is 5.47. The summed E-state index contributed by atoms with van der Waals surface area (Å²) in [5.41, 5.74) is 0. The molecule has 0 aromatic rings. The molecule has 0 N–H and O–H groups in total. The van der Waals surface area contributed by atoms with Gasteiger partial charge in [0.2, 0.25) is 0 Å². The monoisotopic (exact) mass is 231 g/mol. The van der Waals surface area contributed by atoms with E-state index < -0.39 is 7.25 Å². The van der Waals surface area contributed by atoms with Crippen LogP contribution in [-0.4, -0.2) is 37.9 Å². The molecule has 0 radical (unpaired) electrons. The molecule has 6 heteroatoms. The van der Waals surface area contributed by atoms with Crippen molar-refractivity contribution in [3.8, 4) is 0 Å². The van der Waals surface area contributed by atoms with Crippen molar-refractivity contribution in [1.82, 2.24) is 0 Å². The Morgan fingerprint density at radius 1 is 0.800 bits per heavy atom. The van der Waals surface area contributed by atoms with E-state index in [1.165, 1.54) is 37.1 Å². The van der Waals surface area contributed by atoms with Crippen LogP contribution in [0.3, 0.4) is 0 Å². The smallest absolute Gasteiger partial charge is 0.418 e. The lowest BCUT2D eigenvalue weighted by Gasteiger charge is -2.35. The highest BCUT2D eigenvalue weighted by Gasteiger charge is 2.20. The maximum atomic E-state index is 9.75. The molecule has 0 rings (SSSR count). The average Bonchev–Trinajstić information content (AvgIpc) is 2.12. The molecule has 0 aliphatic carbocycles. The second kappa shape index (κ2) is 7.96. The van der Waals surface area contributed by atoms with Crippen LogP contribution in [0.1, 0.15) is 34.1 Å². The van der Waals surface area contributed by atoms with Crippen LogP contribution in [0.5, 0.6) is 0 Å². The van der Waals surface area contributed by atoms with E-state index in [2.05, 4.69) is 27.7 Å². The Morgan fingerprint density at radius 3 is 1.13 bits per heavy atom. The molecule has 1 nitrogen and oxygen atoms in total.